The number of aliphatic hydroxyl groups excluding tert-OH is 1. The Balaban J connectivity index is 1.93. The van der Waals surface area contributed by atoms with Crippen molar-refractivity contribution in [3.63, 3.8) is 0 Å². The predicted octanol–water partition coefficient (Wildman–Crippen LogP) is 2.26. The Morgan fingerprint density at radius 2 is 1.90 bits per heavy atom. The zero-order chi connectivity index (χ0) is 14.6. The van der Waals surface area contributed by atoms with Gasteiger partial charge in [0.2, 0.25) is 0 Å². The van der Waals surface area contributed by atoms with E-state index in [1.54, 1.807) is 35.7 Å². The fraction of sp³-hybridized carbons (Fsp3) is 0.538. The van der Waals surface area contributed by atoms with Crippen LogP contribution in [0.1, 0.15) is 12.0 Å². The summed E-state index contributed by atoms with van der Waals surface area (Å²) in [5.74, 6) is 2.00. The summed E-state index contributed by atoms with van der Waals surface area (Å²) in [6.07, 6.45) is 0.353. The maximum atomic E-state index is 12.0. The van der Waals surface area contributed by atoms with Gasteiger partial charge in [0.15, 0.2) is 0 Å². The summed E-state index contributed by atoms with van der Waals surface area (Å²) in [4.78, 5) is 0.124. The predicted molar refractivity (Wildman–Crippen MR) is 83.6 cm³/mol. The molecule has 4 nitrogen and oxygen atoms in total. The molecule has 0 spiro atoms. The second-order valence-corrected chi connectivity index (χ2v) is 9.00. The van der Waals surface area contributed by atoms with Gasteiger partial charge in [0, 0.05) is 0 Å². The van der Waals surface area contributed by atoms with Crippen LogP contribution in [0.3, 0.4) is 0 Å². The Bertz CT molecular complexity index is 521. The summed E-state index contributed by atoms with van der Waals surface area (Å²) in [7, 11) is -3.79. The molecule has 0 aromatic heterocycles. The summed E-state index contributed by atoms with van der Waals surface area (Å²) in [5, 5.41) is 10.00. The Labute approximate surface area is 128 Å². The van der Waals surface area contributed by atoms with Crippen LogP contribution < -0.4 is 0 Å². The maximum Gasteiger partial charge on any atom is 0.297 e. The molecular formula is C13H18O4S3. The second kappa shape index (κ2) is 7.17. The molecule has 112 valence electrons. The van der Waals surface area contributed by atoms with E-state index >= 15 is 0 Å². The van der Waals surface area contributed by atoms with Crippen molar-refractivity contribution < 1.29 is 17.7 Å². The average Bonchev–Trinajstić information content (AvgIpc) is 2.46. The molecule has 0 saturated carbocycles. The second-order valence-electron chi connectivity index (χ2n) is 4.58. The number of aliphatic hydroxyl groups is 1. The van der Waals surface area contributed by atoms with Gasteiger partial charge < -0.3 is 5.11 Å². The van der Waals surface area contributed by atoms with Crippen LogP contribution in [-0.4, -0.2) is 42.3 Å². The van der Waals surface area contributed by atoms with E-state index in [-0.39, 0.29) is 16.1 Å². The SMILES string of the molecule is Cc1ccc(S(=O)(=O)OC[C@@H](O)C2SCCCS2)cc1. The first-order valence-electron chi connectivity index (χ1n) is 6.36. The van der Waals surface area contributed by atoms with Crippen LogP contribution in [0.2, 0.25) is 0 Å². The van der Waals surface area contributed by atoms with E-state index in [1.807, 2.05) is 6.92 Å². The lowest BCUT2D eigenvalue weighted by Crippen LogP contribution is -2.29. The van der Waals surface area contributed by atoms with Crippen molar-refractivity contribution in [2.24, 2.45) is 0 Å². The van der Waals surface area contributed by atoms with Gasteiger partial charge in [-0.3, -0.25) is 4.18 Å². The zero-order valence-corrected chi connectivity index (χ0v) is 13.6. The summed E-state index contributed by atoms with van der Waals surface area (Å²) in [6, 6.07) is 6.47. The fourth-order valence-electron chi connectivity index (χ4n) is 1.74. The number of aryl methyl sites for hydroxylation is 1. The summed E-state index contributed by atoms with van der Waals surface area (Å²) >= 11 is 3.32. The average molecular weight is 334 g/mol. The molecule has 1 heterocycles. The molecule has 7 heteroatoms. The number of rotatable bonds is 5. The molecule has 20 heavy (non-hydrogen) atoms. The van der Waals surface area contributed by atoms with E-state index in [1.165, 1.54) is 12.1 Å². The summed E-state index contributed by atoms with van der Waals surface area (Å²) < 4.78 is 28.9. The molecule has 0 radical (unpaired) electrons. The van der Waals surface area contributed by atoms with Crippen LogP contribution in [0.25, 0.3) is 0 Å². The van der Waals surface area contributed by atoms with Crippen LogP contribution in [0.15, 0.2) is 29.2 Å². The zero-order valence-electron chi connectivity index (χ0n) is 11.2. The lowest BCUT2D eigenvalue weighted by Gasteiger charge is -2.25. The van der Waals surface area contributed by atoms with Gasteiger partial charge in [-0.25, -0.2) is 0 Å². The third kappa shape index (κ3) is 4.39. The Hall–Kier alpha value is -0.210. The molecule has 1 aliphatic heterocycles. The molecule has 1 aromatic rings. The lowest BCUT2D eigenvalue weighted by molar-refractivity contribution is 0.123. The monoisotopic (exact) mass is 334 g/mol. The molecule has 2 rings (SSSR count). The number of hydrogen-bond donors (Lipinski definition) is 1. The molecular weight excluding hydrogens is 316 g/mol. The normalized spacial score (nSPS) is 18.9. The van der Waals surface area contributed by atoms with Gasteiger partial charge in [0.25, 0.3) is 10.1 Å². The van der Waals surface area contributed by atoms with E-state index in [0.717, 1.165) is 23.5 Å². The van der Waals surface area contributed by atoms with Crippen molar-refractivity contribution in [2.45, 2.75) is 28.9 Å². The van der Waals surface area contributed by atoms with E-state index < -0.39 is 16.2 Å². The van der Waals surface area contributed by atoms with Crippen molar-refractivity contribution in [1.29, 1.82) is 0 Å². The number of benzene rings is 1. The van der Waals surface area contributed by atoms with E-state index in [4.69, 9.17) is 4.18 Å². The van der Waals surface area contributed by atoms with Gasteiger partial charge in [-0.05, 0) is 37.0 Å². The molecule has 0 bridgehead atoms. The van der Waals surface area contributed by atoms with Gasteiger partial charge >= 0.3 is 0 Å². The van der Waals surface area contributed by atoms with Crippen molar-refractivity contribution in [1.82, 2.24) is 0 Å². The third-order valence-corrected chi connectivity index (χ3v) is 7.32. The minimum Gasteiger partial charge on any atom is -0.389 e. The van der Waals surface area contributed by atoms with E-state index in [0.29, 0.717) is 0 Å². The molecule has 1 atom stereocenters. The van der Waals surface area contributed by atoms with Crippen molar-refractivity contribution >= 4 is 33.6 Å². The van der Waals surface area contributed by atoms with Gasteiger partial charge in [-0.15, -0.1) is 23.5 Å². The summed E-state index contributed by atoms with van der Waals surface area (Å²) in [6.45, 7) is 1.69. The highest BCUT2D eigenvalue weighted by molar-refractivity contribution is 8.17. The Morgan fingerprint density at radius 1 is 1.30 bits per heavy atom. The van der Waals surface area contributed by atoms with Gasteiger partial charge in [-0.1, -0.05) is 17.7 Å². The Kier molecular flexibility index (Phi) is 5.80. The highest BCUT2D eigenvalue weighted by atomic mass is 32.2. The molecule has 1 aliphatic rings. The van der Waals surface area contributed by atoms with Gasteiger partial charge in [-0.2, -0.15) is 8.42 Å². The molecule has 0 unspecified atom stereocenters. The largest absolute Gasteiger partial charge is 0.389 e. The molecule has 0 aliphatic carbocycles. The van der Waals surface area contributed by atoms with Crippen LogP contribution in [0.4, 0.5) is 0 Å². The number of hydrogen-bond acceptors (Lipinski definition) is 6. The first-order chi connectivity index (χ1) is 9.49. The topological polar surface area (TPSA) is 63.6 Å². The highest BCUT2D eigenvalue weighted by Crippen LogP contribution is 2.33. The van der Waals surface area contributed by atoms with E-state index in [2.05, 4.69) is 0 Å². The van der Waals surface area contributed by atoms with Crippen LogP contribution in [0, 0.1) is 6.92 Å². The first-order valence-corrected chi connectivity index (χ1v) is 9.87. The quantitative estimate of drug-likeness (QED) is 0.833. The molecule has 0 amide bonds. The van der Waals surface area contributed by atoms with Gasteiger partial charge in [0.1, 0.15) is 0 Å². The lowest BCUT2D eigenvalue weighted by atomic mass is 10.2. The molecule has 1 saturated heterocycles. The van der Waals surface area contributed by atoms with Crippen LogP contribution in [0.5, 0.6) is 0 Å². The first kappa shape index (κ1) is 16.2. The molecule has 1 fully saturated rings. The van der Waals surface area contributed by atoms with E-state index in [9.17, 15) is 13.5 Å². The van der Waals surface area contributed by atoms with Crippen molar-refractivity contribution in [3.8, 4) is 0 Å². The van der Waals surface area contributed by atoms with Crippen molar-refractivity contribution in [2.75, 3.05) is 18.1 Å². The van der Waals surface area contributed by atoms with Crippen LogP contribution >= 0.6 is 23.5 Å². The minimum atomic E-state index is -3.79. The summed E-state index contributed by atoms with van der Waals surface area (Å²) in [5.41, 5.74) is 0.985. The third-order valence-electron chi connectivity index (χ3n) is 2.87. The van der Waals surface area contributed by atoms with Crippen molar-refractivity contribution in [3.05, 3.63) is 29.8 Å². The smallest absolute Gasteiger partial charge is 0.297 e. The highest BCUT2D eigenvalue weighted by Gasteiger charge is 2.25. The standard InChI is InChI=1S/C13H18O4S3/c1-10-3-5-11(6-4-10)20(15,16)17-9-12(14)13-18-7-2-8-19-13/h3-6,12-14H,2,7-9H2,1H3/t12-/m1/s1. The van der Waals surface area contributed by atoms with Crippen LogP contribution in [-0.2, 0) is 14.3 Å². The minimum absolute atomic E-state index is 0.00281. The molecule has 1 aromatic carbocycles. The van der Waals surface area contributed by atoms with Gasteiger partial charge in [0.05, 0.1) is 22.2 Å². The fourth-order valence-corrected chi connectivity index (χ4v) is 5.50. The Morgan fingerprint density at radius 3 is 2.50 bits per heavy atom. The maximum absolute atomic E-state index is 12.0. The molecule has 1 N–H and O–H groups in total. The number of thioether (sulfide) groups is 2.